The standard InChI is InChI=1S/C17H21NO2S/c1-17(2)9-13-16(14(19)10-17)21-15(18-13)8-11-4-6-12(20-3)7-5-11/h4-7,14,19H,8-10H2,1-3H3. The summed E-state index contributed by atoms with van der Waals surface area (Å²) < 4.78 is 5.18. The van der Waals surface area contributed by atoms with Crippen LogP contribution in [-0.2, 0) is 12.8 Å². The average molecular weight is 303 g/mol. The molecule has 1 heterocycles. The van der Waals surface area contributed by atoms with Crippen molar-refractivity contribution in [3.8, 4) is 5.75 Å². The van der Waals surface area contributed by atoms with Gasteiger partial charge in [0.25, 0.3) is 0 Å². The van der Waals surface area contributed by atoms with Gasteiger partial charge in [-0.1, -0.05) is 26.0 Å². The zero-order chi connectivity index (χ0) is 15.0. The van der Waals surface area contributed by atoms with Crippen LogP contribution in [0.25, 0.3) is 0 Å². The molecule has 0 bridgehead atoms. The highest BCUT2D eigenvalue weighted by atomic mass is 32.1. The van der Waals surface area contributed by atoms with E-state index in [1.165, 1.54) is 5.56 Å². The van der Waals surface area contributed by atoms with E-state index in [1.807, 2.05) is 12.1 Å². The number of aliphatic hydroxyl groups excluding tert-OH is 1. The minimum Gasteiger partial charge on any atom is -0.497 e. The summed E-state index contributed by atoms with van der Waals surface area (Å²) in [6.07, 6.45) is 2.24. The number of nitrogens with zero attached hydrogens (tertiary/aromatic N) is 1. The first-order chi connectivity index (χ1) is 9.97. The van der Waals surface area contributed by atoms with Gasteiger partial charge in [-0.3, -0.25) is 0 Å². The Labute approximate surface area is 129 Å². The minimum atomic E-state index is -0.356. The molecule has 0 fully saturated rings. The van der Waals surface area contributed by atoms with Crippen molar-refractivity contribution in [2.24, 2.45) is 5.41 Å². The molecule has 1 aromatic carbocycles. The first kappa shape index (κ1) is 14.5. The Bertz CT molecular complexity index is 631. The SMILES string of the molecule is COc1ccc(Cc2nc3c(s2)C(O)CC(C)(C)C3)cc1. The highest BCUT2D eigenvalue weighted by molar-refractivity contribution is 7.11. The Hall–Kier alpha value is -1.39. The molecule has 1 N–H and O–H groups in total. The topological polar surface area (TPSA) is 42.4 Å². The third-order valence-corrected chi connectivity index (χ3v) is 5.18. The highest BCUT2D eigenvalue weighted by Gasteiger charge is 2.33. The van der Waals surface area contributed by atoms with Gasteiger partial charge in [-0.05, 0) is 36.0 Å². The molecule has 1 unspecified atom stereocenters. The van der Waals surface area contributed by atoms with E-state index < -0.39 is 0 Å². The molecule has 1 aliphatic carbocycles. The van der Waals surface area contributed by atoms with Crippen LogP contribution in [0.2, 0.25) is 0 Å². The summed E-state index contributed by atoms with van der Waals surface area (Å²) in [6, 6.07) is 8.08. The van der Waals surface area contributed by atoms with Crippen LogP contribution in [0.5, 0.6) is 5.75 Å². The summed E-state index contributed by atoms with van der Waals surface area (Å²) in [5.41, 5.74) is 2.45. The molecule has 0 aliphatic heterocycles. The molecule has 0 amide bonds. The van der Waals surface area contributed by atoms with Gasteiger partial charge in [0.15, 0.2) is 0 Å². The molecule has 112 valence electrons. The first-order valence-electron chi connectivity index (χ1n) is 7.26. The fourth-order valence-corrected chi connectivity index (χ4v) is 4.04. The van der Waals surface area contributed by atoms with Crippen molar-refractivity contribution in [1.29, 1.82) is 0 Å². The van der Waals surface area contributed by atoms with E-state index in [-0.39, 0.29) is 11.5 Å². The van der Waals surface area contributed by atoms with Crippen molar-refractivity contribution in [1.82, 2.24) is 4.98 Å². The molecule has 0 spiro atoms. The number of aromatic nitrogens is 1. The van der Waals surface area contributed by atoms with Gasteiger partial charge < -0.3 is 9.84 Å². The lowest BCUT2D eigenvalue weighted by molar-refractivity contribution is 0.102. The molecule has 3 rings (SSSR count). The van der Waals surface area contributed by atoms with Crippen molar-refractivity contribution in [2.75, 3.05) is 7.11 Å². The Balaban J connectivity index is 1.81. The first-order valence-corrected chi connectivity index (χ1v) is 8.08. The van der Waals surface area contributed by atoms with Gasteiger partial charge in [-0.15, -0.1) is 11.3 Å². The van der Waals surface area contributed by atoms with Crippen LogP contribution < -0.4 is 4.74 Å². The number of benzene rings is 1. The van der Waals surface area contributed by atoms with Crippen LogP contribution in [0.4, 0.5) is 0 Å². The quantitative estimate of drug-likeness (QED) is 0.939. The summed E-state index contributed by atoms with van der Waals surface area (Å²) >= 11 is 1.66. The summed E-state index contributed by atoms with van der Waals surface area (Å²) in [5.74, 6) is 0.870. The second-order valence-corrected chi connectivity index (χ2v) is 7.62. The molecule has 0 radical (unpaired) electrons. The second-order valence-electron chi connectivity index (χ2n) is 6.50. The third kappa shape index (κ3) is 3.11. The Morgan fingerprint density at radius 2 is 2.05 bits per heavy atom. The molecule has 21 heavy (non-hydrogen) atoms. The van der Waals surface area contributed by atoms with E-state index in [0.717, 1.165) is 40.6 Å². The number of hydrogen-bond donors (Lipinski definition) is 1. The molecule has 4 heteroatoms. The van der Waals surface area contributed by atoms with Crippen LogP contribution in [0, 0.1) is 5.41 Å². The zero-order valence-corrected chi connectivity index (χ0v) is 13.5. The maximum atomic E-state index is 10.3. The Morgan fingerprint density at radius 1 is 1.33 bits per heavy atom. The van der Waals surface area contributed by atoms with Crippen LogP contribution in [0.3, 0.4) is 0 Å². The molecular formula is C17H21NO2S. The van der Waals surface area contributed by atoms with Crippen molar-refractivity contribution < 1.29 is 9.84 Å². The number of thiazole rings is 1. The van der Waals surface area contributed by atoms with Crippen LogP contribution >= 0.6 is 11.3 Å². The van der Waals surface area contributed by atoms with Crippen molar-refractivity contribution in [3.05, 3.63) is 45.4 Å². The normalized spacial score (nSPS) is 20.1. The molecule has 3 nitrogen and oxygen atoms in total. The second kappa shape index (κ2) is 5.43. The van der Waals surface area contributed by atoms with Crippen molar-refractivity contribution in [2.45, 2.75) is 39.2 Å². The van der Waals surface area contributed by atoms with E-state index >= 15 is 0 Å². The van der Waals surface area contributed by atoms with E-state index in [1.54, 1.807) is 18.4 Å². The van der Waals surface area contributed by atoms with Gasteiger partial charge in [0.05, 0.1) is 28.8 Å². The summed E-state index contributed by atoms with van der Waals surface area (Å²) in [6.45, 7) is 4.39. The number of rotatable bonds is 3. The lowest BCUT2D eigenvalue weighted by atomic mass is 9.77. The lowest BCUT2D eigenvalue weighted by Gasteiger charge is -2.31. The molecule has 1 aromatic heterocycles. The van der Waals surface area contributed by atoms with Crippen LogP contribution in [-0.4, -0.2) is 17.2 Å². The fraction of sp³-hybridized carbons (Fsp3) is 0.471. The van der Waals surface area contributed by atoms with E-state index in [9.17, 15) is 5.11 Å². The molecule has 1 atom stereocenters. The number of aliphatic hydroxyl groups is 1. The molecular weight excluding hydrogens is 282 g/mol. The van der Waals surface area contributed by atoms with E-state index in [2.05, 4.69) is 26.0 Å². The summed E-state index contributed by atoms with van der Waals surface area (Å²) in [7, 11) is 1.67. The molecule has 0 saturated heterocycles. The highest BCUT2D eigenvalue weighted by Crippen LogP contribution is 2.43. The minimum absolute atomic E-state index is 0.137. The smallest absolute Gasteiger partial charge is 0.118 e. The Morgan fingerprint density at radius 3 is 2.71 bits per heavy atom. The molecule has 2 aromatic rings. The zero-order valence-electron chi connectivity index (χ0n) is 12.7. The largest absolute Gasteiger partial charge is 0.497 e. The van der Waals surface area contributed by atoms with Gasteiger partial charge in [0, 0.05) is 6.42 Å². The number of methoxy groups -OCH3 is 1. The van der Waals surface area contributed by atoms with Crippen molar-refractivity contribution >= 4 is 11.3 Å². The van der Waals surface area contributed by atoms with Gasteiger partial charge >= 0.3 is 0 Å². The third-order valence-electron chi connectivity index (χ3n) is 3.98. The lowest BCUT2D eigenvalue weighted by Crippen LogP contribution is -2.24. The number of ether oxygens (including phenoxy) is 1. The predicted molar refractivity (Wildman–Crippen MR) is 85.0 cm³/mol. The number of fused-ring (bicyclic) bond motifs is 1. The fourth-order valence-electron chi connectivity index (χ4n) is 2.94. The van der Waals surface area contributed by atoms with Gasteiger partial charge in [0.1, 0.15) is 5.75 Å². The van der Waals surface area contributed by atoms with E-state index in [4.69, 9.17) is 9.72 Å². The number of hydrogen-bond acceptors (Lipinski definition) is 4. The maximum Gasteiger partial charge on any atom is 0.118 e. The Kier molecular flexibility index (Phi) is 3.76. The monoisotopic (exact) mass is 303 g/mol. The average Bonchev–Trinajstić information content (AvgIpc) is 2.81. The molecule has 0 saturated carbocycles. The summed E-state index contributed by atoms with van der Waals surface area (Å²) in [4.78, 5) is 5.83. The van der Waals surface area contributed by atoms with Gasteiger partial charge in [0.2, 0.25) is 0 Å². The van der Waals surface area contributed by atoms with Gasteiger partial charge in [-0.25, -0.2) is 4.98 Å². The van der Waals surface area contributed by atoms with Crippen molar-refractivity contribution in [3.63, 3.8) is 0 Å². The van der Waals surface area contributed by atoms with Crippen LogP contribution in [0.15, 0.2) is 24.3 Å². The maximum absolute atomic E-state index is 10.3. The molecule has 1 aliphatic rings. The van der Waals surface area contributed by atoms with Crippen LogP contribution in [0.1, 0.15) is 47.5 Å². The van der Waals surface area contributed by atoms with Gasteiger partial charge in [-0.2, -0.15) is 0 Å². The summed E-state index contributed by atoms with van der Waals surface area (Å²) in [5, 5.41) is 11.4. The van der Waals surface area contributed by atoms with E-state index in [0.29, 0.717) is 0 Å². The predicted octanol–water partition coefficient (Wildman–Crippen LogP) is 3.75.